The third-order valence-electron chi connectivity index (χ3n) is 2.05. The van der Waals surface area contributed by atoms with E-state index in [0.717, 1.165) is 4.90 Å². The van der Waals surface area contributed by atoms with Crippen LogP contribution in [0.2, 0.25) is 5.02 Å². The lowest BCUT2D eigenvalue weighted by Gasteiger charge is -2.02. The van der Waals surface area contributed by atoms with Gasteiger partial charge in [-0.05, 0) is 42.5 Å². The maximum Gasteiger partial charge on any atom is 0.125 e. The van der Waals surface area contributed by atoms with Crippen molar-refractivity contribution in [2.24, 2.45) is 0 Å². The van der Waals surface area contributed by atoms with Crippen LogP contribution in [0.4, 0.5) is 4.39 Å². The van der Waals surface area contributed by atoms with Crippen LogP contribution in [0.1, 0.15) is 5.56 Å². The summed E-state index contributed by atoms with van der Waals surface area (Å²) in [5.74, 6) is -0.402. The summed E-state index contributed by atoms with van der Waals surface area (Å²) in [5.41, 5.74) is 0.321. The number of hydrogen-bond donors (Lipinski definition) is 0. The van der Waals surface area contributed by atoms with Gasteiger partial charge in [-0.3, -0.25) is 0 Å². The highest BCUT2D eigenvalue weighted by Crippen LogP contribution is 2.29. The van der Waals surface area contributed by atoms with Gasteiger partial charge in [0.05, 0.1) is 11.6 Å². The van der Waals surface area contributed by atoms with Crippen molar-refractivity contribution < 1.29 is 4.39 Å². The summed E-state index contributed by atoms with van der Waals surface area (Å²) in [5, 5.41) is 9.40. The largest absolute Gasteiger partial charge is 0.207 e. The second-order valence-corrected chi connectivity index (χ2v) is 4.93. The average Bonchev–Trinajstić information content (AvgIpc) is 2.31. The second kappa shape index (κ2) is 5.22. The van der Waals surface area contributed by atoms with E-state index in [-0.39, 0.29) is 0 Å². The van der Waals surface area contributed by atoms with Gasteiger partial charge in [-0.15, -0.1) is 0 Å². The summed E-state index contributed by atoms with van der Waals surface area (Å²) >= 11 is 7.17. The van der Waals surface area contributed by atoms with Crippen molar-refractivity contribution in [3.63, 3.8) is 0 Å². The minimum Gasteiger partial charge on any atom is -0.207 e. The van der Waals surface area contributed by atoms with E-state index in [2.05, 4.69) is 0 Å². The molecule has 0 N–H and O–H groups in total. The minimum absolute atomic E-state index is 0.321. The first-order valence-corrected chi connectivity index (χ1v) is 6.01. The average molecular weight is 264 g/mol. The molecule has 84 valence electrons. The summed E-state index contributed by atoms with van der Waals surface area (Å²) in [6, 6.07) is 13.4. The standard InChI is InChI=1S/C13H7ClFNS/c14-10-1-3-12(4-2-10)17-13-6-9(8-16)5-11(15)7-13/h1-7H. The van der Waals surface area contributed by atoms with Gasteiger partial charge in [-0.1, -0.05) is 23.4 Å². The van der Waals surface area contributed by atoms with Gasteiger partial charge in [-0.25, -0.2) is 4.39 Å². The first kappa shape index (κ1) is 12.0. The Morgan fingerprint density at radius 3 is 2.41 bits per heavy atom. The van der Waals surface area contributed by atoms with Crippen LogP contribution in [0.5, 0.6) is 0 Å². The van der Waals surface area contributed by atoms with Gasteiger partial charge in [0.15, 0.2) is 0 Å². The van der Waals surface area contributed by atoms with Crippen LogP contribution in [-0.4, -0.2) is 0 Å². The van der Waals surface area contributed by atoms with Crippen LogP contribution in [0.15, 0.2) is 52.3 Å². The van der Waals surface area contributed by atoms with Gasteiger partial charge >= 0.3 is 0 Å². The van der Waals surface area contributed by atoms with Crippen LogP contribution in [0.25, 0.3) is 0 Å². The van der Waals surface area contributed by atoms with Crippen LogP contribution < -0.4 is 0 Å². The number of halogens is 2. The molecule has 0 saturated carbocycles. The van der Waals surface area contributed by atoms with E-state index in [9.17, 15) is 4.39 Å². The van der Waals surface area contributed by atoms with E-state index in [1.165, 1.54) is 23.9 Å². The molecule has 2 aromatic rings. The molecule has 17 heavy (non-hydrogen) atoms. The molecular formula is C13H7ClFNS. The molecule has 0 saturated heterocycles. The van der Waals surface area contributed by atoms with E-state index in [0.29, 0.717) is 15.5 Å². The topological polar surface area (TPSA) is 23.8 Å². The van der Waals surface area contributed by atoms with Crippen LogP contribution >= 0.6 is 23.4 Å². The quantitative estimate of drug-likeness (QED) is 0.796. The van der Waals surface area contributed by atoms with Crippen LogP contribution in [-0.2, 0) is 0 Å². The molecule has 4 heteroatoms. The third kappa shape index (κ3) is 3.23. The summed E-state index contributed by atoms with van der Waals surface area (Å²) < 4.78 is 13.2. The molecule has 0 fully saturated rings. The zero-order valence-electron chi connectivity index (χ0n) is 8.65. The Kier molecular flexibility index (Phi) is 3.68. The summed E-state index contributed by atoms with van der Waals surface area (Å²) in [6.07, 6.45) is 0. The van der Waals surface area contributed by atoms with Crippen molar-refractivity contribution in [2.45, 2.75) is 9.79 Å². The molecule has 0 aliphatic carbocycles. The van der Waals surface area contributed by atoms with Gasteiger partial charge in [0.25, 0.3) is 0 Å². The number of nitrogens with zero attached hydrogens (tertiary/aromatic N) is 1. The van der Waals surface area contributed by atoms with Gasteiger partial charge in [0.2, 0.25) is 0 Å². The summed E-state index contributed by atoms with van der Waals surface area (Å²) in [4.78, 5) is 1.65. The molecular weight excluding hydrogens is 257 g/mol. The van der Waals surface area contributed by atoms with E-state index < -0.39 is 5.82 Å². The lowest BCUT2D eigenvalue weighted by atomic mass is 10.2. The molecule has 0 bridgehead atoms. The van der Waals surface area contributed by atoms with Crippen molar-refractivity contribution in [3.05, 3.63) is 58.9 Å². The third-order valence-corrected chi connectivity index (χ3v) is 3.28. The Labute approximate surface area is 108 Å². The fraction of sp³-hybridized carbons (Fsp3) is 0. The molecule has 0 radical (unpaired) electrons. The number of benzene rings is 2. The molecule has 1 nitrogen and oxygen atoms in total. The van der Waals surface area contributed by atoms with Crippen molar-refractivity contribution in [1.29, 1.82) is 5.26 Å². The number of rotatable bonds is 2. The lowest BCUT2D eigenvalue weighted by molar-refractivity contribution is 0.623. The SMILES string of the molecule is N#Cc1cc(F)cc(Sc2ccc(Cl)cc2)c1. The Hall–Kier alpha value is -1.50. The normalized spacial score (nSPS) is 9.94. The van der Waals surface area contributed by atoms with Gasteiger partial charge < -0.3 is 0 Å². The highest BCUT2D eigenvalue weighted by atomic mass is 35.5. The molecule has 0 aliphatic rings. The van der Waals surface area contributed by atoms with Crippen molar-refractivity contribution in [1.82, 2.24) is 0 Å². The zero-order chi connectivity index (χ0) is 12.3. The molecule has 0 unspecified atom stereocenters. The number of nitriles is 1. The highest BCUT2D eigenvalue weighted by molar-refractivity contribution is 7.99. The molecule has 0 atom stereocenters. The van der Waals surface area contributed by atoms with Crippen molar-refractivity contribution in [2.75, 3.05) is 0 Å². The Morgan fingerprint density at radius 1 is 1.06 bits per heavy atom. The molecule has 2 aromatic carbocycles. The minimum atomic E-state index is -0.402. The molecule has 2 rings (SSSR count). The molecule has 0 amide bonds. The second-order valence-electron chi connectivity index (χ2n) is 3.34. The first-order chi connectivity index (χ1) is 8.17. The monoisotopic (exact) mass is 263 g/mol. The van der Waals surface area contributed by atoms with Crippen molar-refractivity contribution >= 4 is 23.4 Å². The Morgan fingerprint density at radius 2 is 1.76 bits per heavy atom. The predicted octanol–water partition coefficient (Wildman–Crippen LogP) is 4.50. The van der Waals surface area contributed by atoms with Crippen molar-refractivity contribution in [3.8, 4) is 6.07 Å². The maximum absolute atomic E-state index is 13.2. The molecule has 0 spiro atoms. The van der Waals surface area contributed by atoms with E-state index >= 15 is 0 Å². The van der Waals surface area contributed by atoms with Gasteiger partial charge in [0.1, 0.15) is 5.82 Å². The maximum atomic E-state index is 13.2. The van der Waals surface area contributed by atoms with Gasteiger partial charge in [-0.2, -0.15) is 5.26 Å². The van der Waals surface area contributed by atoms with Gasteiger partial charge in [0, 0.05) is 14.8 Å². The molecule has 0 aromatic heterocycles. The fourth-order valence-electron chi connectivity index (χ4n) is 1.32. The van der Waals surface area contributed by atoms with E-state index in [1.807, 2.05) is 18.2 Å². The fourth-order valence-corrected chi connectivity index (χ4v) is 2.35. The van der Waals surface area contributed by atoms with Crippen LogP contribution in [0, 0.1) is 17.1 Å². The Balaban J connectivity index is 2.27. The lowest BCUT2D eigenvalue weighted by Crippen LogP contribution is -1.81. The van der Waals surface area contributed by atoms with E-state index in [4.69, 9.17) is 16.9 Å². The zero-order valence-corrected chi connectivity index (χ0v) is 10.2. The highest BCUT2D eigenvalue weighted by Gasteiger charge is 2.02. The van der Waals surface area contributed by atoms with Crippen LogP contribution in [0.3, 0.4) is 0 Å². The number of hydrogen-bond acceptors (Lipinski definition) is 2. The first-order valence-electron chi connectivity index (χ1n) is 4.81. The molecule has 0 aliphatic heterocycles. The van der Waals surface area contributed by atoms with E-state index in [1.54, 1.807) is 18.2 Å². The summed E-state index contributed by atoms with van der Waals surface area (Å²) in [6.45, 7) is 0. The Bertz CT molecular complexity index is 575. The smallest absolute Gasteiger partial charge is 0.125 e. The molecule has 0 heterocycles. The summed E-state index contributed by atoms with van der Waals surface area (Å²) in [7, 11) is 0. The predicted molar refractivity (Wildman–Crippen MR) is 66.7 cm³/mol.